The van der Waals surface area contributed by atoms with Gasteiger partial charge in [0.05, 0.1) is 6.61 Å². The largest absolute Gasteiger partial charge is 0.491 e. The Morgan fingerprint density at radius 1 is 1.26 bits per heavy atom. The summed E-state index contributed by atoms with van der Waals surface area (Å²) >= 11 is 0. The van der Waals surface area contributed by atoms with E-state index < -0.39 is 5.97 Å². The molecule has 1 heterocycles. The van der Waals surface area contributed by atoms with Gasteiger partial charge >= 0.3 is 5.97 Å². The molecule has 1 aromatic heterocycles. The van der Waals surface area contributed by atoms with E-state index in [-0.39, 0.29) is 17.3 Å². The number of aromatic carboxylic acids is 1. The van der Waals surface area contributed by atoms with Crippen LogP contribution in [0.2, 0.25) is 0 Å². The number of hydrogen-bond donors (Lipinski definition) is 1. The van der Waals surface area contributed by atoms with Crippen LogP contribution in [-0.4, -0.2) is 22.7 Å². The van der Waals surface area contributed by atoms with Crippen LogP contribution in [0.1, 0.15) is 16.1 Å². The molecule has 1 N–H and O–H groups in total. The van der Waals surface area contributed by atoms with Gasteiger partial charge in [-0.15, -0.1) is 0 Å². The Morgan fingerprint density at radius 2 is 2.00 bits per heavy atom. The number of nitrogens with zero attached hydrogens (tertiary/aromatic N) is 1. The highest BCUT2D eigenvalue weighted by atomic mass is 19.1. The van der Waals surface area contributed by atoms with E-state index in [0.717, 1.165) is 5.56 Å². The van der Waals surface area contributed by atoms with E-state index in [2.05, 4.69) is 4.98 Å². The molecule has 0 saturated heterocycles. The van der Waals surface area contributed by atoms with Gasteiger partial charge in [0.15, 0.2) is 11.4 Å². The minimum Gasteiger partial charge on any atom is -0.491 e. The molecule has 2 rings (SSSR count). The van der Waals surface area contributed by atoms with E-state index in [9.17, 15) is 9.18 Å². The van der Waals surface area contributed by atoms with Crippen molar-refractivity contribution in [2.45, 2.75) is 6.42 Å². The summed E-state index contributed by atoms with van der Waals surface area (Å²) in [5, 5.41) is 8.93. The molecule has 0 aliphatic carbocycles. The van der Waals surface area contributed by atoms with E-state index in [1.807, 2.05) is 0 Å². The van der Waals surface area contributed by atoms with Gasteiger partial charge in [0.2, 0.25) is 0 Å². The van der Waals surface area contributed by atoms with Crippen LogP contribution >= 0.6 is 0 Å². The molecule has 0 fully saturated rings. The van der Waals surface area contributed by atoms with Crippen molar-refractivity contribution in [1.29, 1.82) is 0 Å². The number of benzene rings is 1. The standard InChI is InChI=1S/C14H12FNO3/c15-11-5-3-10(4-6-11)7-9-19-12-2-1-8-16-13(12)14(17)18/h1-6,8H,7,9H2,(H,17,18). The zero-order valence-corrected chi connectivity index (χ0v) is 10.0. The van der Waals surface area contributed by atoms with Crippen LogP contribution < -0.4 is 4.74 Å². The Labute approximate surface area is 109 Å². The fraction of sp³-hybridized carbons (Fsp3) is 0.143. The predicted molar refractivity (Wildman–Crippen MR) is 66.8 cm³/mol. The zero-order valence-electron chi connectivity index (χ0n) is 10.0. The van der Waals surface area contributed by atoms with Crippen molar-refractivity contribution in [2.24, 2.45) is 0 Å². The summed E-state index contributed by atoms with van der Waals surface area (Å²) in [6, 6.07) is 9.25. The molecule has 1 aromatic carbocycles. The fourth-order valence-electron chi connectivity index (χ4n) is 1.60. The smallest absolute Gasteiger partial charge is 0.358 e. The Bertz CT molecular complexity index is 569. The van der Waals surface area contributed by atoms with Crippen LogP contribution in [0.25, 0.3) is 0 Å². The van der Waals surface area contributed by atoms with Gasteiger partial charge in [0, 0.05) is 12.6 Å². The third kappa shape index (κ3) is 3.51. The first-order valence-electron chi connectivity index (χ1n) is 5.72. The fourth-order valence-corrected chi connectivity index (χ4v) is 1.60. The minimum absolute atomic E-state index is 0.110. The van der Waals surface area contributed by atoms with Crippen LogP contribution in [0.4, 0.5) is 4.39 Å². The third-order valence-corrected chi connectivity index (χ3v) is 2.53. The molecule has 0 aliphatic heterocycles. The molecule has 4 nitrogen and oxygen atoms in total. The Kier molecular flexibility index (Phi) is 4.07. The second kappa shape index (κ2) is 5.95. The molecule has 19 heavy (non-hydrogen) atoms. The lowest BCUT2D eigenvalue weighted by atomic mass is 10.2. The number of ether oxygens (including phenoxy) is 1. The van der Waals surface area contributed by atoms with Gasteiger partial charge in [0.1, 0.15) is 5.82 Å². The Balaban J connectivity index is 1.96. The van der Waals surface area contributed by atoms with E-state index in [4.69, 9.17) is 9.84 Å². The number of pyridine rings is 1. The third-order valence-electron chi connectivity index (χ3n) is 2.53. The molecule has 0 aliphatic rings. The van der Waals surface area contributed by atoms with Gasteiger partial charge in [-0.05, 0) is 29.8 Å². The van der Waals surface area contributed by atoms with Gasteiger partial charge in [-0.25, -0.2) is 14.2 Å². The summed E-state index contributed by atoms with van der Waals surface area (Å²) in [5.41, 5.74) is 0.809. The maximum Gasteiger partial charge on any atom is 0.358 e. The molecule has 2 aromatic rings. The van der Waals surface area contributed by atoms with Crippen molar-refractivity contribution < 1.29 is 19.0 Å². The van der Waals surface area contributed by atoms with Gasteiger partial charge in [-0.1, -0.05) is 12.1 Å². The number of aromatic nitrogens is 1. The molecular weight excluding hydrogens is 249 g/mol. The van der Waals surface area contributed by atoms with Crippen molar-refractivity contribution >= 4 is 5.97 Å². The van der Waals surface area contributed by atoms with Crippen LogP contribution in [0.3, 0.4) is 0 Å². The second-order valence-corrected chi connectivity index (χ2v) is 3.88. The Hall–Kier alpha value is -2.43. The summed E-state index contributed by atoms with van der Waals surface area (Å²) in [6.45, 7) is 0.303. The quantitative estimate of drug-likeness (QED) is 0.898. The molecule has 0 radical (unpaired) electrons. The van der Waals surface area contributed by atoms with E-state index in [1.165, 1.54) is 18.3 Å². The van der Waals surface area contributed by atoms with Crippen LogP contribution in [0.15, 0.2) is 42.6 Å². The monoisotopic (exact) mass is 261 g/mol. The van der Waals surface area contributed by atoms with Gasteiger partial charge < -0.3 is 9.84 Å². The summed E-state index contributed by atoms with van der Waals surface area (Å²) < 4.78 is 18.1. The first-order chi connectivity index (χ1) is 9.16. The van der Waals surface area contributed by atoms with Crippen molar-refractivity contribution in [1.82, 2.24) is 4.98 Å². The van der Waals surface area contributed by atoms with Crippen LogP contribution in [-0.2, 0) is 6.42 Å². The average Bonchev–Trinajstić information content (AvgIpc) is 2.41. The molecule has 0 amide bonds. The summed E-state index contributed by atoms with van der Waals surface area (Å²) in [7, 11) is 0. The molecule has 0 saturated carbocycles. The lowest BCUT2D eigenvalue weighted by Crippen LogP contribution is -2.08. The minimum atomic E-state index is -1.13. The van der Waals surface area contributed by atoms with Crippen molar-refractivity contribution in [2.75, 3.05) is 6.61 Å². The van der Waals surface area contributed by atoms with E-state index in [0.29, 0.717) is 13.0 Å². The van der Waals surface area contributed by atoms with Crippen LogP contribution in [0.5, 0.6) is 5.75 Å². The van der Waals surface area contributed by atoms with Crippen molar-refractivity contribution in [3.63, 3.8) is 0 Å². The highest BCUT2D eigenvalue weighted by Crippen LogP contribution is 2.15. The first-order valence-corrected chi connectivity index (χ1v) is 5.72. The molecule has 0 unspecified atom stereocenters. The summed E-state index contributed by atoms with van der Waals surface area (Å²) in [4.78, 5) is 14.6. The zero-order chi connectivity index (χ0) is 13.7. The molecule has 0 bridgehead atoms. The van der Waals surface area contributed by atoms with E-state index in [1.54, 1.807) is 24.3 Å². The average molecular weight is 261 g/mol. The predicted octanol–water partition coefficient (Wildman–Crippen LogP) is 2.54. The maximum atomic E-state index is 12.7. The van der Waals surface area contributed by atoms with Crippen molar-refractivity contribution in [3.05, 3.63) is 59.7 Å². The topological polar surface area (TPSA) is 59.4 Å². The highest BCUT2D eigenvalue weighted by Gasteiger charge is 2.11. The SMILES string of the molecule is O=C(O)c1ncccc1OCCc1ccc(F)cc1. The Morgan fingerprint density at radius 3 is 2.68 bits per heavy atom. The maximum absolute atomic E-state index is 12.7. The second-order valence-electron chi connectivity index (χ2n) is 3.88. The van der Waals surface area contributed by atoms with Gasteiger partial charge in [0.25, 0.3) is 0 Å². The number of carbonyl (C=O) groups is 1. The number of carboxylic acids is 1. The first kappa shape index (κ1) is 13.0. The van der Waals surface area contributed by atoms with Crippen molar-refractivity contribution in [3.8, 4) is 5.75 Å². The van der Waals surface area contributed by atoms with Gasteiger partial charge in [-0.2, -0.15) is 0 Å². The lowest BCUT2D eigenvalue weighted by Gasteiger charge is -2.08. The number of carboxylic acid groups (broad SMARTS) is 1. The molecule has 5 heteroatoms. The highest BCUT2D eigenvalue weighted by molar-refractivity contribution is 5.88. The number of rotatable bonds is 5. The van der Waals surface area contributed by atoms with Gasteiger partial charge in [-0.3, -0.25) is 0 Å². The summed E-state index contributed by atoms with van der Waals surface area (Å²) in [6.07, 6.45) is 1.96. The van der Waals surface area contributed by atoms with Crippen LogP contribution in [0, 0.1) is 5.82 Å². The van der Waals surface area contributed by atoms with E-state index >= 15 is 0 Å². The summed E-state index contributed by atoms with van der Waals surface area (Å²) in [5.74, 6) is -1.18. The molecule has 0 spiro atoms. The lowest BCUT2D eigenvalue weighted by molar-refractivity contribution is 0.0685. The molecule has 0 atom stereocenters. The normalized spacial score (nSPS) is 10.2. The molecular formula is C14H12FNO3. The molecule has 98 valence electrons. The number of halogens is 1. The number of hydrogen-bond acceptors (Lipinski definition) is 3.